The van der Waals surface area contributed by atoms with Crippen molar-refractivity contribution >= 4 is 23.5 Å². The van der Waals surface area contributed by atoms with Crippen molar-refractivity contribution < 1.29 is 15.0 Å². The molecule has 7 heteroatoms. The SMILES string of the molecule is O=C(N/N=C\c1cc(N=Nc2ccccc2)ccc1O)[C@H](O)c1ccccc1. The number of phenols is 1. The maximum atomic E-state index is 12.0. The van der Waals surface area contributed by atoms with E-state index < -0.39 is 12.0 Å². The zero-order valence-electron chi connectivity index (χ0n) is 14.8. The van der Waals surface area contributed by atoms with Crippen LogP contribution in [0.2, 0.25) is 0 Å². The van der Waals surface area contributed by atoms with Gasteiger partial charge in [0.15, 0.2) is 6.10 Å². The van der Waals surface area contributed by atoms with Gasteiger partial charge in [-0.05, 0) is 35.9 Å². The van der Waals surface area contributed by atoms with Crippen molar-refractivity contribution in [2.24, 2.45) is 15.3 Å². The number of phenolic OH excluding ortho intramolecular Hbond substituents is 1. The van der Waals surface area contributed by atoms with E-state index in [1.54, 1.807) is 42.5 Å². The van der Waals surface area contributed by atoms with E-state index in [2.05, 4.69) is 20.8 Å². The van der Waals surface area contributed by atoms with Gasteiger partial charge in [-0.2, -0.15) is 15.3 Å². The van der Waals surface area contributed by atoms with Gasteiger partial charge in [-0.25, -0.2) is 5.43 Å². The molecule has 0 aliphatic heterocycles. The topological polar surface area (TPSA) is 107 Å². The van der Waals surface area contributed by atoms with E-state index in [1.807, 2.05) is 30.3 Å². The maximum absolute atomic E-state index is 12.0. The third kappa shape index (κ3) is 5.09. The Morgan fingerprint density at radius 2 is 1.54 bits per heavy atom. The highest BCUT2D eigenvalue weighted by Crippen LogP contribution is 2.24. The minimum atomic E-state index is -1.34. The number of amides is 1. The first kappa shape index (κ1) is 18.9. The lowest BCUT2D eigenvalue weighted by Crippen LogP contribution is -2.25. The van der Waals surface area contributed by atoms with Crippen molar-refractivity contribution in [3.8, 4) is 5.75 Å². The number of carbonyl (C=O) groups is 1. The van der Waals surface area contributed by atoms with Gasteiger partial charge in [-0.1, -0.05) is 48.5 Å². The van der Waals surface area contributed by atoms with Crippen LogP contribution in [0.25, 0.3) is 0 Å². The predicted octanol–water partition coefficient (Wildman–Crippen LogP) is 3.99. The Hall–Kier alpha value is -3.84. The van der Waals surface area contributed by atoms with E-state index in [0.717, 1.165) is 0 Å². The summed E-state index contributed by atoms with van der Waals surface area (Å²) in [6, 6.07) is 22.4. The standard InChI is InChI=1S/C21H18N4O3/c26-19-12-11-18(24-23-17-9-5-2-6-10-17)13-16(19)14-22-25-21(28)20(27)15-7-3-1-4-8-15/h1-14,20,26-27H,(H,25,28)/b22-14-,24-23?/t20-/m1/s1. The molecule has 3 rings (SSSR count). The molecule has 1 amide bonds. The van der Waals surface area contributed by atoms with Gasteiger partial charge in [-0.3, -0.25) is 4.79 Å². The molecule has 3 aromatic carbocycles. The number of nitrogens with zero attached hydrogens (tertiary/aromatic N) is 3. The van der Waals surface area contributed by atoms with Crippen LogP contribution < -0.4 is 5.43 Å². The summed E-state index contributed by atoms with van der Waals surface area (Å²) in [5, 5.41) is 32.0. The number of azo groups is 1. The number of aliphatic hydroxyl groups is 1. The summed E-state index contributed by atoms with van der Waals surface area (Å²) < 4.78 is 0. The number of rotatable bonds is 6. The zero-order valence-corrected chi connectivity index (χ0v) is 14.8. The van der Waals surface area contributed by atoms with Gasteiger partial charge in [0.2, 0.25) is 0 Å². The lowest BCUT2D eigenvalue weighted by Gasteiger charge is -2.08. The largest absolute Gasteiger partial charge is 0.507 e. The molecule has 0 fully saturated rings. The molecule has 3 aromatic rings. The molecule has 0 unspecified atom stereocenters. The summed E-state index contributed by atoms with van der Waals surface area (Å²) in [5.74, 6) is -0.706. The first-order chi connectivity index (χ1) is 13.6. The van der Waals surface area contributed by atoms with E-state index in [4.69, 9.17) is 0 Å². The fourth-order valence-corrected chi connectivity index (χ4v) is 2.33. The number of nitrogens with one attached hydrogen (secondary N) is 1. The lowest BCUT2D eigenvalue weighted by molar-refractivity contribution is -0.129. The molecule has 0 aromatic heterocycles. The van der Waals surface area contributed by atoms with Crippen LogP contribution in [-0.4, -0.2) is 22.3 Å². The number of carbonyl (C=O) groups excluding carboxylic acids is 1. The molecule has 0 aliphatic carbocycles. The fraction of sp³-hybridized carbons (Fsp3) is 0.0476. The number of benzene rings is 3. The minimum absolute atomic E-state index is 0.0275. The monoisotopic (exact) mass is 374 g/mol. The molecule has 140 valence electrons. The average molecular weight is 374 g/mol. The Bertz CT molecular complexity index is 989. The average Bonchev–Trinajstić information content (AvgIpc) is 2.74. The van der Waals surface area contributed by atoms with E-state index in [9.17, 15) is 15.0 Å². The fourth-order valence-electron chi connectivity index (χ4n) is 2.33. The van der Waals surface area contributed by atoms with E-state index in [-0.39, 0.29) is 5.75 Å². The van der Waals surface area contributed by atoms with E-state index >= 15 is 0 Å². The third-order valence-corrected chi connectivity index (χ3v) is 3.79. The maximum Gasteiger partial charge on any atom is 0.273 e. The number of aliphatic hydroxyl groups excluding tert-OH is 1. The molecular weight excluding hydrogens is 356 g/mol. The van der Waals surface area contributed by atoms with Gasteiger partial charge in [-0.15, -0.1) is 0 Å². The van der Waals surface area contributed by atoms with Gasteiger partial charge >= 0.3 is 0 Å². The van der Waals surface area contributed by atoms with Crippen molar-refractivity contribution in [1.82, 2.24) is 5.43 Å². The molecule has 28 heavy (non-hydrogen) atoms. The van der Waals surface area contributed by atoms with Gasteiger partial charge in [0.1, 0.15) is 5.75 Å². The Morgan fingerprint density at radius 1 is 0.893 bits per heavy atom. The first-order valence-electron chi connectivity index (χ1n) is 8.49. The molecule has 0 saturated heterocycles. The van der Waals surface area contributed by atoms with Crippen molar-refractivity contribution in [1.29, 1.82) is 0 Å². The highest BCUT2D eigenvalue weighted by Gasteiger charge is 2.16. The van der Waals surface area contributed by atoms with Crippen LogP contribution in [0.4, 0.5) is 11.4 Å². The lowest BCUT2D eigenvalue weighted by atomic mass is 10.1. The van der Waals surface area contributed by atoms with Crippen molar-refractivity contribution in [2.45, 2.75) is 6.10 Å². The van der Waals surface area contributed by atoms with Crippen molar-refractivity contribution in [3.05, 3.63) is 90.0 Å². The van der Waals surface area contributed by atoms with Crippen LogP contribution in [0.15, 0.2) is 94.2 Å². The normalized spacial score (nSPS) is 12.3. The first-order valence-corrected chi connectivity index (χ1v) is 8.49. The Labute approximate surface area is 161 Å². The number of hydrazone groups is 1. The highest BCUT2D eigenvalue weighted by molar-refractivity contribution is 5.87. The second-order valence-electron chi connectivity index (χ2n) is 5.83. The molecule has 0 aliphatic rings. The highest BCUT2D eigenvalue weighted by atomic mass is 16.3. The minimum Gasteiger partial charge on any atom is -0.507 e. The van der Waals surface area contributed by atoms with Gasteiger partial charge in [0, 0.05) is 5.56 Å². The van der Waals surface area contributed by atoms with Crippen molar-refractivity contribution in [3.63, 3.8) is 0 Å². The molecule has 1 atom stereocenters. The molecule has 0 bridgehead atoms. The Morgan fingerprint density at radius 3 is 2.25 bits per heavy atom. The zero-order chi connectivity index (χ0) is 19.8. The molecule has 0 saturated carbocycles. The summed E-state index contributed by atoms with van der Waals surface area (Å²) in [4.78, 5) is 12.0. The quantitative estimate of drug-likeness (QED) is 0.345. The van der Waals surface area contributed by atoms with Gasteiger partial charge in [0.25, 0.3) is 5.91 Å². The van der Waals surface area contributed by atoms with Crippen LogP contribution in [0.5, 0.6) is 5.75 Å². The Balaban J connectivity index is 1.66. The van der Waals surface area contributed by atoms with Gasteiger partial charge in [0.05, 0.1) is 17.6 Å². The predicted molar refractivity (Wildman–Crippen MR) is 106 cm³/mol. The number of hydrogen-bond acceptors (Lipinski definition) is 6. The van der Waals surface area contributed by atoms with Crippen LogP contribution in [0.1, 0.15) is 17.2 Å². The van der Waals surface area contributed by atoms with Crippen LogP contribution >= 0.6 is 0 Å². The summed E-state index contributed by atoms with van der Waals surface area (Å²) in [5.41, 5.74) is 4.27. The number of aromatic hydroxyl groups is 1. The van der Waals surface area contributed by atoms with Gasteiger partial charge < -0.3 is 10.2 Å². The molecular formula is C21H18N4O3. The smallest absolute Gasteiger partial charge is 0.273 e. The molecule has 0 radical (unpaired) electrons. The molecule has 7 nitrogen and oxygen atoms in total. The summed E-state index contributed by atoms with van der Waals surface area (Å²) in [6.45, 7) is 0. The van der Waals surface area contributed by atoms with Crippen LogP contribution in [-0.2, 0) is 4.79 Å². The van der Waals surface area contributed by atoms with E-state index in [1.165, 1.54) is 12.3 Å². The van der Waals surface area contributed by atoms with Crippen LogP contribution in [0, 0.1) is 0 Å². The Kier molecular flexibility index (Phi) is 6.22. The molecule has 0 heterocycles. The van der Waals surface area contributed by atoms with Crippen LogP contribution in [0.3, 0.4) is 0 Å². The molecule has 0 spiro atoms. The third-order valence-electron chi connectivity index (χ3n) is 3.79. The second-order valence-corrected chi connectivity index (χ2v) is 5.83. The number of hydrogen-bond donors (Lipinski definition) is 3. The van der Waals surface area contributed by atoms with Crippen molar-refractivity contribution in [2.75, 3.05) is 0 Å². The summed E-state index contributed by atoms with van der Waals surface area (Å²) in [6.07, 6.45) is -0.0649. The second kappa shape index (κ2) is 9.20. The summed E-state index contributed by atoms with van der Waals surface area (Å²) >= 11 is 0. The molecule has 3 N–H and O–H groups in total. The van der Waals surface area contributed by atoms with E-state index in [0.29, 0.717) is 22.5 Å². The summed E-state index contributed by atoms with van der Waals surface area (Å²) in [7, 11) is 0.